The molecule has 0 saturated heterocycles. The van der Waals surface area contributed by atoms with E-state index in [1.807, 2.05) is 6.07 Å². The summed E-state index contributed by atoms with van der Waals surface area (Å²) in [5, 5.41) is 12.1. The standard InChI is InChI=1S/C15H10FN5OS/c16-8-2-1-3-9(5-8)20-14(22)12-11(18)10-4-7(6-17)13(19)21-15(10)23-12/h1-5H,18H2,(H2,19,21)(H,20,22)/p+1. The molecule has 0 spiro atoms. The second-order valence-electron chi connectivity index (χ2n) is 4.76. The number of aromatic nitrogens is 1. The first kappa shape index (κ1) is 14.7. The molecule has 0 fully saturated rings. The molecule has 0 aliphatic rings. The number of nitriles is 1. The normalized spacial score (nSPS) is 10.4. The molecule has 114 valence electrons. The second kappa shape index (κ2) is 5.55. The monoisotopic (exact) mass is 328 g/mol. The lowest BCUT2D eigenvalue weighted by Gasteiger charge is -2.04. The van der Waals surface area contributed by atoms with Crippen LogP contribution in [0.25, 0.3) is 10.2 Å². The van der Waals surface area contributed by atoms with Crippen LogP contribution in [0.4, 0.5) is 21.6 Å². The van der Waals surface area contributed by atoms with Crippen LogP contribution < -0.4 is 21.8 Å². The lowest BCUT2D eigenvalue weighted by molar-refractivity contribution is -0.323. The summed E-state index contributed by atoms with van der Waals surface area (Å²) in [6, 6.07) is 9.04. The van der Waals surface area contributed by atoms with E-state index in [-0.39, 0.29) is 21.9 Å². The number of halogens is 1. The molecule has 6 nitrogen and oxygen atoms in total. The Hall–Kier alpha value is -3.18. The summed E-state index contributed by atoms with van der Waals surface area (Å²) in [6.07, 6.45) is 0. The largest absolute Gasteiger partial charge is 0.397 e. The van der Waals surface area contributed by atoms with Crippen LogP contribution in [-0.4, -0.2) is 5.91 Å². The predicted molar refractivity (Wildman–Crippen MR) is 86.3 cm³/mol. The summed E-state index contributed by atoms with van der Waals surface area (Å²) < 4.78 is 13.2. The van der Waals surface area contributed by atoms with Gasteiger partial charge in [-0.25, -0.2) is 9.37 Å². The van der Waals surface area contributed by atoms with Gasteiger partial charge in [0.25, 0.3) is 11.7 Å². The van der Waals surface area contributed by atoms with E-state index in [1.165, 1.54) is 24.3 Å². The third kappa shape index (κ3) is 2.65. The number of aromatic amines is 1. The highest BCUT2D eigenvalue weighted by Gasteiger charge is 2.21. The molecule has 0 bridgehead atoms. The molecule has 2 heterocycles. The quantitative estimate of drug-likeness (QED) is 0.667. The molecule has 0 aliphatic carbocycles. The molecule has 0 aliphatic heterocycles. The van der Waals surface area contributed by atoms with Gasteiger partial charge >= 0.3 is 0 Å². The van der Waals surface area contributed by atoms with Crippen LogP contribution in [0.15, 0.2) is 30.3 Å². The molecule has 8 heteroatoms. The molecular weight excluding hydrogens is 317 g/mol. The van der Waals surface area contributed by atoms with Crippen LogP contribution >= 0.6 is 11.3 Å². The molecule has 3 aromatic rings. The van der Waals surface area contributed by atoms with E-state index in [4.69, 9.17) is 16.7 Å². The number of pyridine rings is 1. The molecule has 3 rings (SSSR count). The molecule has 0 atom stereocenters. The topological polar surface area (TPSA) is 119 Å². The van der Waals surface area contributed by atoms with E-state index >= 15 is 0 Å². The van der Waals surface area contributed by atoms with E-state index < -0.39 is 11.7 Å². The zero-order valence-corrected chi connectivity index (χ0v) is 12.5. The third-order valence-electron chi connectivity index (χ3n) is 3.22. The van der Waals surface area contributed by atoms with Crippen molar-refractivity contribution < 1.29 is 14.2 Å². The van der Waals surface area contributed by atoms with E-state index in [0.29, 0.717) is 15.9 Å². The van der Waals surface area contributed by atoms with Gasteiger partial charge in [0.05, 0.1) is 11.1 Å². The van der Waals surface area contributed by atoms with Crippen LogP contribution in [0.1, 0.15) is 15.2 Å². The fraction of sp³-hybridized carbons (Fsp3) is 0. The van der Waals surface area contributed by atoms with Gasteiger partial charge in [-0.1, -0.05) is 17.4 Å². The van der Waals surface area contributed by atoms with Gasteiger partial charge in [-0.3, -0.25) is 10.5 Å². The Morgan fingerprint density at radius 3 is 2.83 bits per heavy atom. The maximum Gasteiger partial charge on any atom is 0.289 e. The van der Waals surface area contributed by atoms with Gasteiger partial charge in [-0.15, -0.1) is 0 Å². The molecule has 0 saturated carbocycles. The fourth-order valence-electron chi connectivity index (χ4n) is 2.12. The maximum atomic E-state index is 13.2. The lowest BCUT2D eigenvalue weighted by atomic mass is 10.2. The summed E-state index contributed by atoms with van der Waals surface area (Å²) in [5.74, 6) is -0.704. The van der Waals surface area contributed by atoms with Crippen molar-refractivity contribution in [1.82, 2.24) is 0 Å². The van der Waals surface area contributed by atoms with Crippen molar-refractivity contribution in [3.63, 3.8) is 0 Å². The number of carbonyl (C=O) groups is 1. The first-order valence-electron chi connectivity index (χ1n) is 6.50. The summed E-state index contributed by atoms with van der Waals surface area (Å²) in [4.78, 5) is 16.0. The number of hydrogen-bond acceptors (Lipinski definition) is 5. The number of nitrogens with one attached hydrogen (secondary N) is 2. The highest BCUT2D eigenvalue weighted by atomic mass is 32.1. The Morgan fingerprint density at radius 1 is 1.35 bits per heavy atom. The number of thiophene rings is 1. The van der Waals surface area contributed by atoms with Crippen molar-refractivity contribution in [2.24, 2.45) is 0 Å². The smallest absolute Gasteiger partial charge is 0.289 e. The van der Waals surface area contributed by atoms with Crippen molar-refractivity contribution in [2.45, 2.75) is 0 Å². The Balaban J connectivity index is 2.01. The first-order chi connectivity index (χ1) is 11.0. The number of hydrogen-bond donors (Lipinski definition) is 3. The number of benzene rings is 1. The van der Waals surface area contributed by atoms with Gasteiger partial charge in [0.15, 0.2) is 4.83 Å². The Labute approximate surface area is 134 Å². The van der Waals surface area contributed by atoms with E-state index in [1.54, 1.807) is 6.07 Å². The summed E-state index contributed by atoms with van der Waals surface area (Å²) in [7, 11) is 0. The number of nitrogens with zero attached hydrogens (tertiary/aromatic N) is 1. The molecule has 0 radical (unpaired) electrons. The van der Waals surface area contributed by atoms with Gasteiger partial charge in [0.1, 0.15) is 22.3 Å². The van der Waals surface area contributed by atoms with Crippen LogP contribution in [0.3, 0.4) is 0 Å². The number of amides is 1. The molecular formula is C15H11FN5OS+. The van der Waals surface area contributed by atoms with Gasteiger partial charge < -0.3 is 11.1 Å². The summed E-state index contributed by atoms with van der Waals surface area (Å²) in [6.45, 7) is 0. The lowest BCUT2D eigenvalue weighted by Crippen LogP contribution is -2.12. The second-order valence-corrected chi connectivity index (χ2v) is 5.78. The van der Waals surface area contributed by atoms with Crippen LogP contribution in [-0.2, 0) is 0 Å². The fourth-order valence-corrected chi connectivity index (χ4v) is 3.13. The molecule has 0 unspecified atom stereocenters. The van der Waals surface area contributed by atoms with E-state index in [0.717, 1.165) is 11.3 Å². The van der Waals surface area contributed by atoms with Crippen LogP contribution in [0, 0.1) is 17.1 Å². The number of nitrogens with two attached hydrogens (primary N) is 2. The Bertz CT molecular complexity index is 976. The molecule has 1 amide bonds. The Kier molecular flexibility index (Phi) is 3.56. The minimum Gasteiger partial charge on any atom is -0.397 e. The first-order valence-corrected chi connectivity index (χ1v) is 7.32. The van der Waals surface area contributed by atoms with E-state index in [2.05, 4.69) is 10.3 Å². The summed E-state index contributed by atoms with van der Waals surface area (Å²) in [5.41, 5.74) is 12.5. The minimum atomic E-state index is -0.459. The average Bonchev–Trinajstić information content (AvgIpc) is 2.82. The van der Waals surface area contributed by atoms with Crippen LogP contribution in [0.5, 0.6) is 0 Å². The van der Waals surface area contributed by atoms with Crippen molar-refractivity contribution >= 4 is 44.7 Å². The third-order valence-corrected chi connectivity index (χ3v) is 4.36. The van der Waals surface area contributed by atoms with Gasteiger partial charge in [-0.2, -0.15) is 5.26 Å². The number of rotatable bonds is 2. The summed E-state index contributed by atoms with van der Waals surface area (Å²) >= 11 is 1.11. The van der Waals surface area contributed by atoms with Gasteiger partial charge in [-0.05, 0) is 24.3 Å². The molecule has 6 N–H and O–H groups in total. The number of fused-ring (bicyclic) bond motifs is 1. The zero-order valence-electron chi connectivity index (χ0n) is 11.7. The molecule has 1 aromatic carbocycles. The number of H-pyrrole nitrogens is 1. The van der Waals surface area contributed by atoms with Crippen molar-refractivity contribution in [2.75, 3.05) is 16.8 Å². The number of nitrogen functional groups attached to an aromatic ring is 2. The number of carbonyl (C=O) groups excluding carboxylic acids is 1. The van der Waals surface area contributed by atoms with Crippen molar-refractivity contribution in [3.05, 3.63) is 46.6 Å². The molecule has 2 aromatic heterocycles. The zero-order chi connectivity index (χ0) is 16.6. The van der Waals surface area contributed by atoms with E-state index in [9.17, 15) is 9.18 Å². The highest BCUT2D eigenvalue weighted by molar-refractivity contribution is 7.20. The highest BCUT2D eigenvalue weighted by Crippen LogP contribution is 2.32. The SMILES string of the molecule is N#Cc1cc2c(N)c(C(=O)Nc3cccc(F)c3)sc2[nH+]c1N. The van der Waals surface area contributed by atoms with Crippen molar-refractivity contribution in [1.29, 1.82) is 5.26 Å². The van der Waals surface area contributed by atoms with Crippen molar-refractivity contribution in [3.8, 4) is 6.07 Å². The average molecular weight is 328 g/mol. The Morgan fingerprint density at radius 2 is 2.13 bits per heavy atom. The predicted octanol–water partition coefficient (Wildman–Crippen LogP) is 2.14. The number of anilines is 3. The minimum absolute atomic E-state index is 0.207. The molecule has 23 heavy (non-hydrogen) atoms. The maximum absolute atomic E-state index is 13.2. The van der Waals surface area contributed by atoms with Gasteiger partial charge in [0, 0.05) is 5.69 Å². The van der Waals surface area contributed by atoms with Crippen LogP contribution in [0.2, 0.25) is 0 Å². The van der Waals surface area contributed by atoms with Gasteiger partial charge in [0.2, 0.25) is 0 Å².